The normalized spacial score (nSPS) is 39.1. The maximum atomic E-state index is 9.63. The van der Waals surface area contributed by atoms with E-state index in [1.165, 1.54) is 25.7 Å². The second kappa shape index (κ2) is 5.84. The molecule has 4 unspecified atom stereocenters. The SMILES string of the molecule is CCCC1CCC(C#N)C(N2CCC(O)C2)C1. The van der Waals surface area contributed by atoms with Crippen molar-refractivity contribution in [2.75, 3.05) is 13.1 Å². The molecule has 0 aromatic rings. The number of aliphatic hydroxyl groups excluding tert-OH is 1. The molecule has 17 heavy (non-hydrogen) atoms. The van der Waals surface area contributed by atoms with E-state index in [1.807, 2.05) is 0 Å². The molecule has 0 aromatic carbocycles. The molecule has 2 fully saturated rings. The first-order valence-corrected chi connectivity index (χ1v) is 7.06. The molecule has 0 bridgehead atoms. The Morgan fingerprint density at radius 1 is 1.35 bits per heavy atom. The first-order chi connectivity index (χ1) is 8.24. The predicted octanol–water partition coefficient (Wildman–Crippen LogP) is 2.16. The maximum absolute atomic E-state index is 9.63. The molecule has 2 rings (SSSR count). The van der Waals surface area contributed by atoms with Gasteiger partial charge in [0.05, 0.1) is 18.1 Å². The van der Waals surface area contributed by atoms with Crippen LogP contribution in [0.15, 0.2) is 0 Å². The molecule has 0 radical (unpaired) electrons. The van der Waals surface area contributed by atoms with E-state index in [-0.39, 0.29) is 12.0 Å². The largest absolute Gasteiger partial charge is 0.392 e. The minimum atomic E-state index is -0.166. The van der Waals surface area contributed by atoms with Gasteiger partial charge in [0.25, 0.3) is 0 Å². The molecule has 1 aliphatic heterocycles. The molecule has 1 saturated carbocycles. The summed E-state index contributed by atoms with van der Waals surface area (Å²) in [5.41, 5.74) is 0. The molecule has 96 valence electrons. The lowest BCUT2D eigenvalue weighted by Crippen LogP contribution is -2.43. The van der Waals surface area contributed by atoms with Gasteiger partial charge in [0, 0.05) is 19.1 Å². The summed E-state index contributed by atoms with van der Waals surface area (Å²) in [6.07, 6.45) is 6.70. The van der Waals surface area contributed by atoms with E-state index in [4.69, 9.17) is 0 Å². The minimum absolute atomic E-state index is 0.166. The van der Waals surface area contributed by atoms with Crippen LogP contribution in [0.5, 0.6) is 0 Å². The molecule has 0 spiro atoms. The summed E-state index contributed by atoms with van der Waals surface area (Å²) in [7, 11) is 0. The number of hydrogen-bond acceptors (Lipinski definition) is 3. The van der Waals surface area contributed by atoms with Gasteiger partial charge in [-0.3, -0.25) is 4.90 Å². The summed E-state index contributed by atoms with van der Waals surface area (Å²) < 4.78 is 0. The molecule has 1 saturated heterocycles. The van der Waals surface area contributed by atoms with Crippen LogP contribution in [0.4, 0.5) is 0 Å². The molecule has 1 N–H and O–H groups in total. The van der Waals surface area contributed by atoms with Gasteiger partial charge in [0.2, 0.25) is 0 Å². The Kier molecular flexibility index (Phi) is 4.42. The predicted molar refractivity (Wildman–Crippen MR) is 67.3 cm³/mol. The van der Waals surface area contributed by atoms with Crippen LogP contribution in [0.1, 0.15) is 45.4 Å². The third-order valence-corrected chi connectivity index (χ3v) is 4.45. The molecule has 3 heteroatoms. The average molecular weight is 236 g/mol. The minimum Gasteiger partial charge on any atom is -0.392 e. The highest BCUT2D eigenvalue weighted by Crippen LogP contribution is 2.35. The zero-order chi connectivity index (χ0) is 12.3. The van der Waals surface area contributed by atoms with Gasteiger partial charge in [-0.2, -0.15) is 5.26 Å². The zero-order valence-electron chi connectivity index (χ0n) is 10.8. The Morgan fingerprint density at radius 2 is 2.18 bits per heavy atom. The zero-order valence-corrected chi connectivity index (χ0v) is 10.8. The summed E-state index contributed by atoms with van der Waals surface area (Å²) in [5.74, 6) is 0.987. The fourth-order valence-electron chi connectivity index (χ4n) is 3.53. The topological polar surface area (TPSA) is 47.3 Å². The molecule has 1 heterocycles. The van der Waals surface area contributed by atoms with Gasteiger partial charge in [-0.25, -0.2) is 0 Å². The summed E-state index contributed by atoms with van der Waals surface area (Å²) >= 11 is 0. The van der Waals surface area contributed by atoms with Crippen LogP contribution in [0, 0.1) is 23.2 Å². The van der Waals surface area contributed by atoms with Crippen molar-refractivity contribution in [2.45, 2.75) is 57.6 Å². The lowest BCUT2D eigenvalue weighted by Gasteiger charge is -2.38. The first kappa shape index (κ1) is 12.9. The van der Waals surface area contributed by atoms with Crippen molar-refractivity contribution >= 4 is 0 Å². The van der Waals surface area contributed by atoms with Gasteiger partial charge in [0.15, 0.2) is 0 Å². The summed E-state index contributed by atoms with van der Waals surface area (Å²) in [6.45, 7) is 4.00. The van der Waals surface area contributed by atoms with Crippen LogP contribution in [-0.2, 0) is 0 Å². The van der Waals surface area contributed by atoms with Gasteiger partial charge < -0.3 is 5.11 Å². The lowest BCUT2D eigenvalue weighted by molar-refractivity contribution is 0.100. The van der Waals surface area contributed by atoms with Crippen molar-refractivity contribution in [1.29, 1.82) is 5.26 Å². The van der Waals surface area contributed by atoms with Crippen LogP contribution in [0.25, 0.3) is 0 Å². The molecular formula is C14H24N2O. The molecule has 0 amide bonds. The molecule has 1 aliphatic carbocycles. The molecule has 4 atom stereocenters. The number of nitriles is 1. The van der Waals surface area contributed by atoms with Crippen molar-refractivity contribution in [1.82, 2.24) is 4.90 Å². The van der Waals surface area contributed by atoms with E-state index in [1.54, 1.807) is 0 Å². The Morgan fingerprint density at radius 3 is 2.76 bits per heavy atom. The summed E-state index contributed by atoms with van der Waals surface area (Å²) in [4.78, 5) is 2.36. The van der Waals surface area contributed by atoms with Gasteiger partial charge in [-0.1, -0.05) is 19.8 Å². The van der Waals surface area contributed by atoms with Crippen LogP contribution >= 0.6 is 0 Å². The van der Waals surface area contributed by atoms with E-state index in [9.17, 15) is 10.4 Å². The number of aliphatic hydroxyl groups is 1. The van der Waals surface area contributed by atoms with Gasteiger partial charge >= 0.3 is 0 Å². The monoisotopic (exact) mass is 236 g/mol. The number of β-amino-alcohol motifs (C(OH)–C–C–N with tert-alkyl or cyclic N) is 1. The maximum Gasteiger partial charge on any atom is 0.0679 e. The summed E-state index contributed by atoms with van der Waals surface area (Å²) in [5, 5.41) is 18.9. The second-order valence-corrected chi connectivity index (χ2v) is 5.71. The smallest absolute Gasteiger partial charge is 0.0679 e. The first-order valence-electron chi connectivity index (χ1n) is 7.06. The fraction of sp³-hybridized carbons (Fsp3) is 0.929. The lowest BCUT2D eigenvalue weighted by atomic mass is 9.76. The fourth-order valence-corrected chi connectivity index (χ4v) is 3.53. The van der Waals surface area contributed by atoms with Gasteiger partial charge in [0.1, 0.15) is 0 Å². The van der Waals surface area contributed by atoms with Crippen LogP contribution < -0.4 is 0 Å². The van der Waals surface area contributed by atoms with E-state index in [0.717, 1.165) is 31.8 Å². The summed E-state index contributed by atoms with van der Waals surface area (Å²) in [6, 6.07) is 2.89. The number of likely N-dealkylation sites (tertiary alicyclic amines) is 1. The van der Waals surface area contributed by atoms with Crippen molar-refractivity contribution in [3.8, 4) is 6.07 Å². The second-order valence-electron chi connectivity index (χ2n) is 5.71. The quantitative estimate of drug-likeness (QED) is 0.817. The third kappa shape index (κ3) is 3.00. The number of hydrogen-bond donors (Lipinski definition) is 1. The highest BCUT2D eigenvalue weighted by molar-refractivity contribution is 4.99. The van der Waals surface area contributed by atoms with Crippen LogP contribution in [0.3, 0.4) is 0 Å². The molecule has 2 aliphatic rings. The highest BCUT2D eigenvalue weighted by atomic mass is 16.3. The van der Waals surface area contributed by atoms with Crippen molar-refractivity contribution in [3.63, 3.8) is 0 Å². The highest BCUT2D eigenvalue weighted by Gasteiger charge is 2.36. The Hall–Kier alpha value is -0.590. The van der Waals surface area contributed by atoms with E-state index in [2.05, 4.69) is 17.9 Å². The van der Waals surface area contributed by atoms with Crippen LogP contribution in [-0.4, -0.2) is 35.2 Å². The van der Waals surface area contributed by atoms with Crippen molar-refractivity contribution in [3.05, 3.63) is 0 Å². The van der Waals surface area contributed by atoms with Gasteiger partial charge in [-0.15, -0.1) is 0 Å². The third-order valence-electron chi connectivity index (χ3n) is 4.45. The number of rotatable bonds is 3. The van der Waals surface area contributed by atoms with Crippen LogP contribution in [0.2, 0.25) is 0 Å². The van der Waals surface area contributed by atoms with E-state index >= 15 is 0 Å². The standard InChI is InChI=1S/C14H24N2O/c1-2-3-11-4-5-12(9-15)14(8-11)16-7-6-13(17)10-16/h11-14,17H,2-8,10H2,1H3. The van der Waals surface area contributed by atoms with E-state index < -0.39 is 0 Å². The molecule has 3 nitrogen and oxygen atoms in total. The average Bonchev–Trinajstić information content (AvgIpc) is 2.76. The Bertz CT molecular complexity index is 286. The van der Waals surface area contributed by atoms with Crippen molar-refractivity contribution < 1.29 is 5.11 Å². The molecule has 0 aromatic heterocycles. The van der Waals surface area contributed by atoms with E-state index in [0.29, 0.717) is 6.04 Å². The van der Waals surface area contributed by atoms with Gasteiger partial charge in [-0.05, 0) is 31.6 Å². The number of nitrogens with zero attached hydrogens (tertiary/aromatic N) is 2. The Labute approximate surface area is 104 Å². The Balaban J connectivity index is 1.97. The molecular weight excluding hydrogens is 212 g/mol. The van der Waals surface area contributed by atoms with Crippen molar-refractivity contribution in [2.24, 2.45) is 11.8 Å².